The monoisotopic (exact) mass is 529 g/mol. The third-order valence-electron chi connectivity index (χ3n) is 4.74. The third kappa shape index (κ3) is 6.33. The molecule has 2 amide bonds. The van der Waals surface area contributed by atoms with Crippen LogP contribution in [0.2, 0.25) is 0 Å². The molecule has 0 fully saturated rings. The van der Waals surface area contributed by atoms with Gasteiger partial charge < -0.3 is 25.0 Å². The molecule has 0 saturated carbocycles. The van der Waals surface area contributed by atoms with Crippen LogP contribution >= 0.6 is 22.6 Å². The minimum atomic E-state index is -0.256. The molecule has 0 atom stereocenters. The van der Waals surface area contributed by atoms with E-state index >= 15 is 0 Å². The van der Waals surface area contributed by atoms with E-state index in [-0.39, 0.29) is 11.8 Å². The predicted octanol–water partition coefficient (Wildman–Crippen LogP) is 3.63. The first-order valence-corrected chi connectivity index (χ1v) is 10.8. The highest BCUT2D eigenvalue weighted by atomic mass is 131. The summed E-state index contributed by atoms with van der Waals surface area (Å²) in [6, 6.07) is 10.2. The predicted molar refractivity (Wildman–Crippen MR) is 127 cm³/mol. The molecular weight excluding hydrogens is 501 g/mol. The second-order valence-electron chi connectivity index (χ2n) is 6.50. The van der Waals surface area contributed by atoms with Gasteiger partial charge in [-0.2, -0.15) is 0 Å². The third-order valence-corrected chi connectivity index (χ3v) is 5.63. The normalized spacial score (nSPS) is 10.6. The molecular formula is C22H28IN3O4. The minimum absolute atomic E-state index is 0.204. The van der Waals surface area contributed by atoms with Crippen molar-refractivity contribution in [3.05, 3.63) is 51.1 Å². The highest BCUT2D eigenvalue weighted by molar-refractivity contribution is 14.1. The molecule has 2 rings (SSSR count). The van der Waals surface area contributed by atoms with Crippen molar-refractivity contribution in [2.24, 2.45) is 0 Å². The van der Waals surface area contributed by atoms with Crippen LogP contribution < -0.4 is 20.1 Å². The standard InChI is InChI=1S/C22H28IN3O4/c1-5-26(6-2)12-11-24-22(28)17-13-18(23)19(14-20(17)30-4)25-21(27)15-7-9-16(29-3)10-8-15/h7-10,13-14H,5-6,11-12H2,1-4H3,(H,24,28)(H,25,27)/i23+4. The van der Waals surface area contributed by atoms with E-state index in [1.807, 2.05) is 0 Å². The van der Waals surface area contributed by atoms with Crippen molar-refractivity contribution in [1.29, 1.82) is 0 Å². The summed E-state index contributed by atoms with van der Waals surface area (Å²) in [7, 11) is 3.08. The molecule has 0 aromatic heterocycles. The SMILES string of the molecule is CCN(CC)CCNC(=O)c1cc([131I])c(NC(=O)c2ccc(OC)cc2)cc1OC. The maximum atomic E-state index is 12.6. The molecule has 2 aromatic rings. The summed E-state index contributed by atoms with van der Waals surface area (Å²) in [5, 5.41) is 5.81. The van der Waals surface area contributed by atoms with E-state index in [0.717, 1.165) is 23.2 Å². The minimum Gasteiger partial charge on any atom is -0.497 e. The van der Waals surface area contributed by atoms with Gasteiger partial charge in [-0.3, -0.25) is 9.59 Å². The van der Waals surface area contributed by atoms with E-state index in [9.17, 15) is 9.59 Å². The van der Waals surface area contributed by atoms with Crippen LogP contribution in [0.4, 0.5) is 5.69 Å². The summed E-state index contributed by atoms with van der Waals surface area (Å²) in [5.41, 5.74) is 1.51. The number of carbonyl (C=O) groups excluding carboxylic acids is 2. The average Bonchev–Trinajstić information content (AvgIpc) is 2.77. The van der Waals surface area contributed by atoms with Gasteiger partial charge in [-0.1, -0.05) is 13.8 Å². The van der Waals surface area contributed by atoms with Crippen LogP contribution in [-0.4, -0.2) is 57.1 Å². The summed E-state index contributed by atoms with van der Waals surface area (Å²) in [6.45, 7) is 7.40. The molecule has 0 aliphatic heterocycles. The van der Waals surface area contributed by atoms with Gasteiger partial charge in [-0.05, 0) is 66.0 Å². The summed E-state index contributed by atoms with van der Waals surface area (Å²) < 4.78 is 11.3. The molecule has 8 heteroatoms. The lowest BCUT2D eigenvalue weighted by Crippen LogP contribution is -2.35. The van der Waals surface area contributed by atoms with Gasteiger partial charge in [0, 0.05) is 28.3 Å². The van der Waals surface area contributed by atoms with Crippen molar-refractivity contribution < 1.29 is 19.1 Å². The summed E-state index contributed by atoms with van der Waals surface area (Å²) >= 11 is 2.10. The molecule has 162 valence electrons. The van der Waals surface area contributed by atoms with E-state index in [1.54, 1.807) is 43.5 Å². The number of amides is 2. The number of benzene rings is 2. The van der Waals surface area contributed by atoms with Crippen LogP contribution in [0, 0.1) is 3.57 Å². The molecule has 0 spiro atoms. The van der Waals surface area contributed by atoms with Crippen molar-refractivity contribution >= 4 is 40.1 Å². The zero-order valence-corrected chi connectivity index (χ0v) is 19.9. The highest BCUT2D eigenvalue weighted by Crippen LogP contribution is 2.29. The number of nitrogens with zero attached hydrogens (tertiary/aromatic N) is 1. The van der Waals surface area contributed by atoms with E-state index in [1.165, 1.54) is 7.11 Å². The number of ether oxygens (including phenoxy) is 2. The van der Waals surface area contributed by atoms with Gasteiger partial charge in [0.2, 0.25) is 0 Å². The summed E-state index contributed by atoms with van der Waals surface area (Å²) in [5.74, 6) is 0.624. The van der Waals surface area contributed by atoms with E-state index in [4.69, 9.17) is 9.47 Å². The zero-order chi connectivity index (χ0) is 22.1. The number of halogens is 1. The second kappa shape index (κ2) is 11.8. The van der Waals surface area contributed by atoms with Crippen molar-refractivity contribution in [3.63, 3.8) is 0 Å². The molecule has 0 heterocycles. The molecule has 0 bridgehead atoms. The van der Waals surface area contributed by atoms with Crippen molar-refractivity contribution in [2.75, 3.05) is 45.7 Å². The Morgan fingerprint density at radius 2 is 1.67 bits per heavy atom. The first kappa shape index (κ1) is 23.9. The molecule has 0 radical (unpaired) electrons. The fourth-order valence-electron chi connectivity index (χ4n) is 2.89. The lowest BCUT2D eigenvalue weighted by atomic mass is 10.1. The topological polar surface area (TPSA) is 79.9 Å². The van der Waals surface area contributed by atoms with E-state index in [2.05, 4.69) is 52.0 Å². The Morgan fingerprint density at radius 1 is 1.00 bits per heavy atom. The average molecular weight is 529 g/mol. The van der Waals surface area contributed by atoms with E-state index in [0.29, 0.717) is 34.9 Å². The number of methoxy groups -OCH3 is 2. The fourth-order valence-corrected chi connectivity index (χ4v) is 3.50. The Morgan fingerprint density at radius 3 is 2.23 bits per heavy atom. The molecule has 0 unspecified atom stereocenters. The molecule has 0 saturated heterocycles. The van der Waals surface area contributed by atoms with Crippen molar-refractivity contribution in [3.8, 4) is 11.5 Å². The fraction of sp³-hybridized carbons (Fsp3) is 0.364. The lowest BCUT2D eigenvalue weighted by Gasteiger charge is -2.18. The highest BCUT2D eigenvalue weighted by Gasteiger charge is 2.17. The Balaban J connectivity index is 2.12. The largest absolute Gasteiger partial charge is 0.497 e. The van der Waals surface area contributed by atoms with E-state index < -0.39 is 0 Å². The maximum Gasteiger partial charge on any atom is 0.255 e. The van der Waals surface area contributed by atoms with Crippen LogP contribution in [0.5, 0.6) is 11.5 Å². The van der Waals surface area contributed by atoms with Gasteiger partial charge in [-0.15, -0.1) is 0 Å². The van der Waals surface area contributed by atoms with Gasteiger partial charge in [-0.25, -0.2) is 0 Å². The Kier molecular flexibility index (Phi) is 9.38. The Hall–Kier alpha value is -2.33. The maximum absolute atomic E-state index is 12.6. The first-order chi connectivity index (χ1) is 14.4. The molecule has 2 N–H and O–H groups in total. The quantitative estimate of drug-likeness (QED) is 0.460. The number of likely N-dealkylation sites (N-methyl/N-ethyl adjacent to an activating group) is 1. The van der Waals surface area contributed by atoms with Crippen LogP contribution in [0.1, 0.15) is 34.6 Å². The zero-order valence-electron chi connectivity index (χ0n) is 17.8. The Labute approximate surface area is 191 Å². The number of anilines is 1. The number of nitrogens with one attached hydrogen (secondary N) is 2. The molecule has 2 aromatic carbocycles. The smallest absolute Gasteiger partial charge is 0.255 e. The van der Waals surface area contributed by atoms with Crippen molar-refractivity contribution in [1.82, 2.24) is 10.2 Å². The molecule has 0 aliphatic rings. The van der Waals surface area contributed by atoms with Gasteiger partial charge in [0.25, 0.3) is 11.8 Å². The lowest BCUT2D eigenvalue weighted by molar-refractivity contribution is 0.0945. The number of hydrogen-bond donors (Lipinski definition) is 2. The van der Waals surface area contributed by atoms with Crippen molar-refractivity contribution in [2.45, 2.75) is 13.8 Å². The first-order valence-electron chi connectivity index (χ1n) is 9.76. The summed E-state index contributed by atoms with van der Waals surface area (Å²) in [4.78, 5) is 27.4. The second-order valence-corrected chi connectivity index (χ2v) is 7.66. The molecule has 30 heavy (non-hydrogen) atoms. The van der Waals surface area contributed by atoms with Gasteiger partial charge >= 0.3 is 0 Å². The van der Waals surface area contributed by atoms with Gasteiger partial charge in [0.15, 0.2) is 0 Å². The van der Waals surface area contributed by atoms with Gasteiger partial charge in [0.05, 0.1) is 25.5 Å². The van der Waals surface area contributed by atoms with Crippen LogP contribution in [0.15, 0.2) is 36.4 Å². The molecule has 7 nitrogen and oxygen atoms in total. The number of hydrogen-bond acceptors (Lipinski definition) is 5. The van der Waals surface area contributed by atoms with Crippen LogP contribution in [0.3, 0.4) is 0 Å². The Bertz CT molecular complexity index is 867. The van der Waals surface area contributed by atoms with Gasteiger partial charge in [0.1, 0.15) is 11.5 Å². The molecule has 0 aliphatic carbocycles. The number of carbonyl (C=O) groups is 2. The number of rotatable bonds is 10. The van der Waals surface area contributed by atoms with Crippen LogP contribution in [-0.2, 0) is 0 Å². The summed E-state index contributed by atoms with van der Waals surface area (Å²) in [6.07, 6.45) is 0. The van der Waals surface area contributed by atoms with Crippen LogP contribution in [0.25, 0.3) is 0 Å².